The molecular formula is C9H18O2. The summed E-state index contributed by atoms with van der Waals surface area (Å²) >= 11 is 0. The second-order valence-electron chi connectivity index (χ2n) is 3.19. The number of ether oxygens (including phenoxy) is 2. The Labute approximate surface area is 68.9 Å². The quantitative estimate of drug-likeness (QED) is 0.572. The van der Waals surface area contributed by atoms with Crippen LogP contribution in [0.15, 0.2) is 0 Å². The van der Waals surface area contributed by atoms with E-state index >= 15 is 0 Å². The first kappa shape index (κ1) is 9.01. The summed E-state index contributed by atoms with van der Waals surface area (Å²) in [6.45, 7) is 0. The zero-order valence-corrected chi connectivity index (χ0v) is 7.51. The zero-order valence-electron chi connectivity index (χ0n) is 7.51. The highest BCUT2D eigenvalue weighted by molar-refractivity contribution is 4.73. The summed E-state index contributed by atoms with van der Waals surface area (Å²) in [6, 6.07) is 0. The maximum Gasteiger partial charge on any atom is 0.0832 e. The average molecular weight is 158 g/mol. The van der Waals surface area contributed by atoms with Crippen molar-refractivity contribution in [3.05, 3.63) is 0 Å². The Hall–Kier alpha value is -0.0800. The third-order valence-electron chi connectivity index (χ3n) is 2.50. The highest BCUT2D eigenvalue weighted by atomic mass is 16.5. The van der Waals surface area contributed by atoms with Gasteiger partial charge < -0.3 is 9.47 Å². The van der Waals surface area contributed by atoms with E-state index in [4.69, 9.17) is 9.47 Å². The molecule has 0 radical (unpaired) electrons. The van der Waals surface area contributed by atoms with Crippen LogP contribution >= 0.6 is 0 Å². The van der Waals surface area contributed by atoms with Crippen LogP contribution in [-0.4, -0.2) is 26.4 Å². The van der Waals surface area contributed by atoms with Crippen molar-refractivity contribution in [2.45, 2.75) is 44.3 Å². The lowest BCUT2D eigenvalue weighted by molar-refractivity contribution is -0.0385. The first-order valence-corrected chi connectivity index (χ1v) is 4.44. The Balaban J connectivity index is 2.41. The zero-order chi connectivity index (χ0) is 8.10. The van der Waals surface area contributed by atoms with Crippen molar-refractivity contribution < 1.29 is 9.47 Å². The molecule has 1 fully saturated rings. The molecule has 0 aromatic heterocycles. The molecule has 11 heavy (non-hydrogen) atoms. The van der Waals surface area contributed by atoms with Gasteiger partial charge in [0.25, 0.3) is 0 Å². The molecule has 0 unspecified atom stereocenters. The number of hydrogen-bond acceptors (Lipinski definition) is 2. The monoisotopic (exact) mass is 158 g/mol. The summed E-state index contributed by atoms with van der Waals surface area (Å²) in [5, 5.41) is 0. The maximum atomic E-state index is 5.35. The molecule has 1 rings (SSSR count). The molecule has 0 aromatic rings. The van der Waals surface area contributed by atoms with Gasteiger partial charge in [0.2, 0.25) is 0 Å². The molecule has 0 aromatic carbocycles. The minimum absolute atomic E-state index is 0.336. The van der Waals surface area contributed by atoms with Crippen molar-refractivity contribution in [3.63, 3.8) is 0 Å². The largest absolute Gasteiger partial charge is 0.379 e. The van der Waals surface area contributed by atoms with Crippen LogP contribution in [0.5, 0.6) is 0 Å². The lowest BCUT2D eigenvalue weighted by Gasteiger charge is -2.21. The molecule has 0 N–H and O–H groups in total. The average Bonchev–Trinajstić information content (AvgIpc) is 2.27. The second kappa shape index (κ2) is 4.73. The smallest absolute Gasteiger partial charge is 0.0832 e. The summed E-state index contributed by atoms with van der Waals surface area (Å²) in [4.78, 5) is 0. The van der Waals surface area contributed by atoms with Crippen LogP contribution in [0.25, 0.3) is 0 Å². The number of hydrogen-bond donors (Lipinski definition) is 0. The van der Waals surface area contributed by atoms with Crippen LogP contribution in [0.3, 0.4) is 0 Å². The molecule has 0 heterocycles. The van der Waals surface area contributed by atoms with Crippen LogP contribution in [-0.2, 0) is 9.47 Å². The summed E-state index contributed by atoms with van der Waals surface area (Å²) in [7, 11) is 3.56. The molecule has 0 saturated heterocycles. The van der Waals surface area contributed by atoms with Gasteiger partial charge in [-0.1, -0.05) is 19.3 Å². The van der Waals surface area contributed by atoms with Gasteiger partial charge in [-0.15, -0.1) is 0 Å². The van der Waals surface area contributed by atoms with Gasteiger partial charge >= 0.3 is 0 Å². The van der Waals surface area contributed by atoms with Gasteiger partial charge in [-0.25, -0.2) is 0 Å². The summed E-state index contributed by atoms with van der Waals surface area (Å²) in [5.74, 6) is 0. The molecule has 1 saturated carbocycles. The van der Waals surface area contributed by atoms with E-state index in [2.05, 4.69) is 0 Å². The van der Waals surface area contributed by atoms with Crippen LogP contribution < -0.4 is 0 Å². The predicted octanol–water partition coefficient (Wildman–Crippen LogP) is 1.98. The fourth-order valence-electron chi connectivity index (χ4n) is 1.78. The van der Waals surface area contributed by atoms with Crippen LogP contribution in [0.4, 0.5) is 0 Å². The minimum Gasteiger partial charge on any atom is -0.379 e. The van der Waals surface area contributed by atoms with E-state index in [1.807, 2.05) is 0 Å². The first-order valence-electron chi connectivity index (χ1n) is 4.44. The Kier molecular flexibility index (Phi) is 3.87. The van der Waals surface area contributed by atoms with Gasteiger partial charge in [0.15, 0.2) is 0 Å². The summed E-state index contributed by atoms with van der Waals surface area (Å²) in [5.41, 5.74) is 0. The third-order valence-corrected chi connectivity index (χ3v) is 2.50. The summed E-state index contributed by atoms with van der Waals surface area (Å²) in [6.07, 6.45) is 6.91. The predicted molar refractivity (Wildman–Crippen MR) is 44.7 cm³/mol. The fraction of sp³-hybridized carbons (Fsp3) is 1.00. The van der Waals surface area contributed by atoms with E-state index in [9.17, 15) is 0 Å². The number of rotatable bonds is 2. The molecule has 0 bridgehead atoms. The van der Waals surface area contributed by atoms with Gasteiger partial charge in [0.05, 0.1) is 12.2 Å². The van der Waals surface area contributed by atoms with Gasteiger partial charge in [-0.05, 0) is 12.8 Å². The highest BCUT2D eigenvalue weighted by Gasteiger charge is 2.22. The standard InChI is InChI=1S/C9H18O2/c1-10-8-6-4-3-5-7-9(8)11-2/h8-9H,3-7H2,1-2H3/t8-,9-/m1/s1. The Morgan fingerprint density at radius 1 is 0.818 bits per heavy atom. The molecule has 0 spiro atoms. The van der Waals surface area contributed by atoms with Crippen molar-refractivity contribution >= 4 is 0 Å². The highest BCUT2D eigenvalue weighted by Crippen LogP contribution is 2.21. The molecule has 66 valence electrons. The van der Waals surface area contributed by atoms with Crippen molar-refractivity contribution in [3.8, 4) is 0 Å². The van der Waals surface area contributed by atoms with Gasteiger partial charge in [0.1, 0.15) is 0 Å². The Morgan fingerprint density at radius 2 is 1.27 bits per heavy atom. The van der Waals surface area contributed by atoms with Gasteiger partial charge in [-0.3, -0.25) is 0 Å². The maximum absolute atomic E-state index is 5.35. The lowest BCUT2D eigenvalue weighted by atomic mass is 10.1. The van der Waals surface area contributed by atoms with E-state index in [0.717, 1.165) is 12.8 Å². The van der Waals surface area contributed by atoms with E-state index in [0.29, 0.717) is 12.2 Å². The van der Waals surface area contributed by atoms with E-state index < -0.39 is 0 Å². The van der Waals surface area contributed by atoms with E-state index in [1.54, 1.807) is 14.2 Å². The van der Waals surface area contributed by atoms with Crippen LogP contribution in [0.2, 0.25) is 0 Å². The third kappa shape index (κ3) is 2.46. The molecule has 1 aliphatic carbocycles. The number of methoxy groups -OCH3 is 2. The normalized spacial score (nSPS) is 33.3. The van der Waals surface area contributed by atoms with Crippen LogP contribution in [0.1, 0.15) is 32.1 Å². The van der Waals surface area contributed by atoms with E-state index in [-0.39, 0.29) is 0 Å². The fourth-order valence-corrected chi connectivity index (χ4v) is 1.78. The Bertz CT molecular complexity index is 91.7. The molecule has 2 nitrogen and oxygen atoms in total. The van der Waals surface area contributed by atoms with Gasteiger partial charge in [-0.2, -0.15) is 0 Å². The van der Waals surface area contributed by atoms with Crippen molar-refractivity contribution in [2.24, 2.45) is 0 Å². The molecule has 0 amide bonds. The van der Waals surface area contributed by atoms with Gasteiger partial charge in [0, 0.05) is 14.2 Å². The molecule has 1 aliphatic rings. The van der Waals surface area contributed by atoms with Crippen molar-refractivity contribution in [2.75, 3.05) is 14.2 Å². The lowest BCUT2D eigenvalue weighted by Crippen LogP contribution is -2.28. The molecule has 2 heteroatoms. The van der Waals surface area contributed by atoms with E-state index in [1.165, 1.54) is 19.3 Å². The topological polar surface area (TPSA) is 18.5 Å². The summed E-state index contributed by atoms with van der Waals surface area (Å²) < 4.78 is 10.7. The SMILES string of the molecule is CO[C@@H]1CCCCC[C@H]1OC. The van der Waals surface area contributed by atoms with Crippen molar-refractivity contribution in [1.82, 2.24) is 0 Å². The second-order valence-corrected chi connectivity index (χ2v) is 3.19. The first-order chi connectivity index (χ1) is 5.38. The molecule has 2 atom stereocenters. The molecular weight excluding hydrogens is 140 g/mol. The Morgan fingerprint density at radius 3 is 1.64 bits per heavy atom. The van der Waals surface area contributed by atoms with Crippen molar-refractivity contribution in [1.29, 1.82) is 0 Å². The van der Waals surface area contributed by atoms with Crippen LogP contribution in [0, 0.1) is 0 Å². The minimum atomic E-state index is 0.336. The molecule has 0 aliphatic heterocycles.